The Morgan fingerprint density at radius 3 is 2.76 bits per heavy atom. The van der Waals surface area contributed by atoms with Gasteiger partial charge in [0.1, 0.15) is 28.3 Å². The second kappa shape index (κ2) is 10.8. The molecule has 0 bridgehead atoms. The molecule has 4 aromatic rings. The van der Waals surface area contributed by atoms with Crippen LogP contribution < -0.4 is 15.4 Å². The molecular weight excluding hydrogens is 509 g/mol. The van der Waals surface area contributed by atoms with Crippen LogP contribution in [0.15, 0.2) is 72.4 Å². The molecule has 0 aliphatic carbocycles. The molecule has 1 unspecified atom stereocenters. The highest BCUT2D eigenvalue weighted by atomic mass is 32.1. The Morgan fingerprint density at radius 1 is 1.13 bits per heavy atom. The van der Waals surface area contributed by atoms with E-state index in [0.29, 0.717) is 22.0 Å². The van der Waals surface area contributed by atoms with Crippen LogP contribution in [0, 0.1) is 5.82 Å². The van der Waals surface area contributed by atoms with Gasteiger partial charge < -0.3 is 20.3 Å². The maximum Gasteiger partial charge on any atom is 0.267 e. The zero-order chi connectivity index (χ0) is 26.6. The smallest absolute Gasteiger partial charge is 0.267 e. The average molecular weight is 532 g/mol. The lowest BCUT2D eigenvalue weighted by Gasteiger charge is -2.28. The number of halogens is 1. The topological polar surface area (TPSA) is 114 Å². The van der Waals surface area contributed by atoms with Gasteiger partial charge in [-0.05, 0) is 41.8 Å². The number of nitrogens with one attached hydrogen (secondary N) is 2. The molecule has 0 fully saturated rings. The third kappa shape index (κ3) is 5.23. The molecule has 3 aromatic heterocycles. The van der Waals surface area contributed by atoms with Gasteiger partial charge in [-0.3, -0.25) is 19.4 Å². The van der Waals surface area contributed by atoms with E-state index in [1.165, 1.54) is 41.7 Å². The normalized spacial score (nSPS) is 14.9. The van der Waals surface area contributed by atoms with Gasteiger partial charge >= 0.3 is 0 Å². The van der Waals surface area contributed by atoms with Gasteiger partial charge in [0.15, 0.2) is 0 Å². The molecule has 0 saturated heterocycles. The first-order valence-electron chi connectivity index (χ1n) is 11.6. The number of nitrogens with zero attached hydrogens (tertiary/aromatic N) is 3. The highest BCUT2D eigenvalue weighted by Gasteiger charge is 2.37. The predicted molar refractivity (Wildman–Crippen MR) is 140 cm³/mol. The minimum atomic E-state index is -0.918. The van der Waals surface area contributed by atoms with Crippen LogP contribution in [-0.4, -0.2) is 45.7 Å². The number of hydrogen-bond acceptors (Lipinski definition) is 7. The van der Waals surface area contributed by atoms with Crippen molar-refractivity contribution in [3.8, 4) is 5.75 Å². The number of fused-ring (bicyclic) bond motifs is 1. The van der Waals surface area contributed by atoms with Crippen molar-refractivity contribution in [1.82, 2.24) is 14.9 Å². The Bertz CT molecular complexity index is 1510. The quantitative estimate of drug-likeness (QED) is 0.371. The number of pyridine rings is 2. The average Bonchev–Trinajstić information content (AvgIpc) is 3.36. The second-order valence-electron chi connectivity index (χ2n) is 8.47. The fraction of sp³-hybridized carbons (Fsp3) is 0.148. The molecule has 2 N–H and O–H groups in total. The maximum absolute atomic E-state index is 15.3. The summed E-state index contributed by atoms with van der Waals surface area (Å²) >= 11 is 1.20. The SMILES string of the molecule is COc1ccnc(NC(=O)c2ccc(CN3C(=O)c4sccc4NC(=O)C3Cc3ccccn3)c(F)c2)c1. The number of benzene rings is 1. The van der Waals surface area contributed by atoms with Crippen molar-refractivity contribution >= 4 is 40.6 Å². The summed E-state index contributed by atoms with van der Waals surface area (Å²) in [5.74, 6) is -1.25. The van der Waals surface area contributed by atoms with Crippen LogP contribution in [0.3, 0.4) is 0 Å². The lowest BCUT2D eigenvalue weighted by Crippen LogP contribution is -2.46. The van der Waals surface area contributed by atoms with E-state index < -0.39 is 17.8 Å². The minimum Gasteiger partial charge on any atom is -0.497 e. The zero-order valence-electron chi connectivity index (χ0n) is 20.2. The van der Waals surface area contributed by atoms with E-state index in [0.717, 1.165) is 6.07 Å². The third-order valence-corrected chi connectivity index (χ3v) is 6.95. The zero-order valence-corrected chi connectivity index (χ0v) is 21.0. The Kier molecular flexibility index (Phi) is 7.09. The highest BCUT2D eigenvalue weighted by molar-refractivity contribution is 7.12. The number of carbonyl (C=O) groups is 3. The van der Waals surface area contributed by atoms with Gasteiger partial charge in [-0.25, -0.2) is 9.37 Å². The van der Waals surface area contributed by atoms with E-state index in [9.17, 15) is 14.4 Å². The van der Waals surface area contributed by atoms with Gasteiger partial charge in [0, 0.05) is 48.2 Å². The number of anilines is 2. The standard InChI is InChI=1S/C27H22FN5O4S/c1-37-19-7-10-30-23(14-19)32-25(34)16-5-6-17(20(28)12-16)15-33-22(13-18-4-2-3-9-29-18)26(35)31-21-8-11-38-24(21)27(33)36/h2-12,14,22H,13,15H2,1H3,(H,31,35)(H,30,32,34). The van der Waals surface area contributed by atoms with E-state index in [4.69, 9.17) is 4.74 Å². The molecule has 9 nitrogen and oxygen atoms in total. The lowest BCUT2D eigenvalue weighted by molar-refractivity contribution is -0.120. The van der Waals surface area contributed by atoms with Crippen LogP contribution in [0.5, 0.6) is 5.75 Å². The largest absolute Gasteiger partial charge is 0.497 e. The van der Waals surface area contributed by atoms with Crippen molar-refractivity contribution < 1.29 is 23.5 Å². The first-order chi connectivity index (χ1) is 18.4. The number of thiophene rings is 1. The molecule has 4 heterocycles. The van der Waals surface area contributed by atoms with Crippen molar-refractivity contribution in [3.05, 3.63) is 99.9 Å². The summed E-state index contributed by atoms with van der Waals surface area (Å²) in [6, 6.07) is 13.2. The molecule has 192 valence electrons. The van der Waals surface area contributed by atoms with E-state index in [2.05, 4.69) is 20.6 Å². The van der Waals surface area contributed by atoms with Crippen molar-refractivity contribution in [3.63, 3.8) is 0 Å². The molecule has 11 heteroatoms. The molecule has 0 spiro atoms. The van der Waals surface area contributed by atoms with E-state index >= 15 is 4.39 Å². The van der Waals surface area contributed by atoms with Gasteiger partial charge in [-0.2, -0.15) is 0 Å². The van der Waals surface area contributed by atoms with Gasteiger partial charge in [0.2, 0.25) is 5.91 Å². The van der Waals surface area contributed by atoms with Crippen molar-refractivity contribution in [2.75, 3.05) is 17.7 Å². The molecule has 1 aliphatic rings. The number of methoxy groups -OCH3 is 1. The van der Waals surface area contributed by atoms with Gasteiger partial charge in [0.05, 0.1) is 12.8 Å². The minimum absolute atomic E-state index is 0.0707. The summed E-state index contributed by atoms with van der Waals surface area (Å²) < 4.78 is 20.4. The van der Waals surface area contributed by atoms with Gasteiger partial charge in [-0.1, -0.05) is 12.1 Å². The number of ether oxygens (including phenoxy) is 1. The molecule has 0 radical (unpaired) electrons. The first kappa shape index (κ1) is 25.0. The number of amides is 3. The second-order valence-corrected chi connectivity index (χ2v) is 9.38. The molecule has 1 aliphatic heterocycles. The summed E-state index contributed by atoms with van der Waals surface area (Å²) in [6.45, 7) is -0.174. The Morgan fingerprint density at radius 2 is 2.00 bits per heavy atom. The monoisotopic (exact) mass is 531 g/mol. The summed E-state index contributed by atoms with van der Waals surface area (Å²) in [5.41, 5.74) is 1.28. The van der Waals surface area contributed by atoms with E-state index in [1.807, 2.05) is 0 Å². The molecule has 1 aromatic carbocycles. The predicted octanol–water partition coefficient (Wildman–Crippen LogP) is 4.14. The summed E-state index contributed by atoms with van der Waals surface area (Å²) in [6.07, 6.45) is 3.24. The van der Waals surface area contributed by atoms with Crippen LogP contribution in [0.1, 0.15) is 31.3 Å². The van der Waals surface area contributed by atoms with Crippen LogP contribution >= 0.6 is 11.3 Å². The number of aromatic nitrogens is 2. The van der Waals surface area contributed by atoms with Crippen LogP contribution in [0.4, 0.5) is 15.9 Å². The van der Waals surface area contributed by atoms with Crippen molar-refractivity contribution in [2.24, 2.45) is 0 Å². The van der Waals surface area contributed by atoms with Gasteiger partial charge in [-0.15, -0.1) is 11.3 Å². The number of carbonyl (C=O) groups excluding carboxylic acids is 3. The lowest BCUT2D eigenvalue weighted by atomic mass is 10.1. The molecular formula is C27H22FN5O4S. The molecule has 3 amide bonds. The van der Waals surface area contributed by atoms with Crippen LogP contribution in [0.2, 0.25) is 0 Å². The summed E-state index contributed by atoms with van der Waals surface area (Å²) in [5, 5.41) is 7.13. The highest BCUT2D eigenvalue weighted by Crippen LogP contribution is 2.30. The molecule has 0 saturated carbocycles. The summed E-state index contributed by atoms with van der Waals surface area (Å²) in [4.78, 5) is 49.4. The fourth-order valence-electron chi connectivity index (χ4n) is 4.10. The molecule has 1 atom stereocenters. The molecule has 38 heavy (non-hydrogen) atoms. The Balaban J connectivity index is 1.41. The van der Waals surface area contributed by atoms with Crippen molar-refractivity contribution in [1.29, 1.82) is 0 Å². The van der Waals surface area contributed by atoms with E-state index in [-0.39, 0.29) is 41.7 Å². The fourth-order valence-corrected chi connectivity index (χ4v) is 4.90. The first-order valence-corrected chi connectivity index (χ1v) is 12.5. The van der Waals surface area contributed by atoms with Crippen molar-refractivity contribution in [2.45, 2.75) is 19.0 Å². The Hall–Kier alpha value is -4.64. The molecule has 5 rings (SSSR count). The van der Waals surface area contributed by atoms with E-state index in [1.54, 1.807) is 48.0 Å². The maximum atomic E-state index is 15.3. The summed E-state index contributed by atoms with van der Waals surface area (Å²) in [7, 11) is 1.49. The number of hydrogen-bond donors (Lipinski definition) is 2. The number of rotatable bonds is 7. The van der Waals surface area contributed by atoms with Crippen LogP contribution in [0.25, 0.3) is 0 Å². The van der Waals surface area contributed by atoms with Crippen LogP contribution in [-0.2, 0) is 17.8 Å². The Labute approximate surface area is 221 Å². The third-order valence-electron chi connectivity index (χ3n) is 6.05. The van der Waals surface area contributed by atoms with Gasteiger partial charge in [0.25, 0.3) is 11.8 Å².